The third kappa shape index (κ3) is 2.76. The summed E-state index contributed by atoms with van der Waals surface area (Å²) < 4.78 is 15.2. The number of hydrogen-bond acceptors (Lipinski definition) is 2. The minimum absolute atomic E-state index is 0.0689. The van der Waals surface area contributed by atoms with Gasteiger partial charge in [-0.05, 0) is 31.5 Å². The van der Waals surface area contributed by atoms with Crippen LogP contribution in [0.1, 0.15) is 37.2 Å². The Balaban J connectivity index is 2.46. The smallest absolute Gasteiger partial charge is 0.142 e. The van der Waals surface area contributed by atoms with Crippen molar-refractivity contribution in [1.82, 2.24) is 9.78 Å². The Labute approximate surface area is 121 Å². The predicted molar refractivity (Wildman–Crippen MR) is 75.1 cm³/mol. The number of benzene rings is 1. The number of nitrogens with zero attached hydrogens (tertiary/aromatic N) is 2. The van der Waals surface area contributed by atoms with Crippen molar-refractivity contribution in [2.24, 2.45) is 5.73 Å². The van der Waals surface area contributed by atoms with Crippen molar-refractivity contribution in [1.29, 1.82) is 0 Å². The molecule has 2 aromatic rings. The Kier molecular flexibility index (Phi) is 4.13. The molecule has 1 aromatic carbocycles. The molecule has 0 saturated carbocycles. The molecule has 0 spiro atoms. The number of nitrogens with two attached hydrogens (primary N) is 1. The van der Waals surface area contributed by atoms with E-state index in [-0.39, 0.29) is 11.1 Å². The van der Waals surface area contributed by atoms with Gasteiger partial charge in [0.25, 0.3) is 0 Å². The summed E-state index contributed by atoms with van der Waals surface area (Å²) in [5, 5.41) is 4.72. The minimum Gasteiger partial charge on any atom is -0.319 e. The van der Waals surface area contributed by atoms with Gasteiger partial charge in [-0.15, -0.1) is 0 Å². The maximum atomic E-state index is 13.5. The molecule has 0 aliphatic heterocycles. The van der Waals surface area contributed by atoms with Crippen LogP contribution in [0, 0.1) is 5.82 Å². The summed E-state index contributed by atoms with van der Waals surface area (Å²) in [7, 11) is 0. The highest BCUT2D eigenvalue weighted by atomic mass is 35.5. The predicted octanol–water partition coefficient (Wildman–Crippen LogP) is 3.96. The van der Waals surface area contributed by atoms with Crippen LogP contribution in [0.15, 0.2) is 24.4 Å². The van der Waals surface area contributed by atoms with Gasteiger partial charge in [0.15, 0.2) is 0 Å². The molecule has 2 N–H and O–H groups in total. The molecule has 0 fully saturated rings. The quantitative estimate of drug-likeness (QED) is 0.932. The zero-order valence-electron chi connectivity index (χ0n) is 10.6. The second-order valence-corrected chi connectivity index (χ2v) is 5.38. The van der Waals surface area contributed by atoms with Crippen LogP contribution in [0.2, 0.25) is 10.0 Å². The Morgan fingerprint density at radius 2 is 1.95 bits per heavy atom. The van der Waals surface area contributed by atoms with Gasteiger partial charge in [0.05, 0.1) is 28.0 Å². The number of aromatic nitrogens is 2. The molecular formula is C13H14Cl2FN3. The fraction of sp³-hybridized carbons (Fsp3) is 0.308. The summed E-state index contributed by atoms with van der Waals surface area (Å²) in [5.41, 5.74) is 7.43. The van der Waals surface area contributed by atoms with Gasteiger partial charge >= 0.3 is 0 Å². The van der Waals surface area contributed by atoms with E-state index in [1.165, 1.54) is 12.1 Å². The fourth-order valence-electron chi connectivity index (χ4n) is 1.92. The van der Waals surface area contributed by atoms with Gasteiger partial charge in [-0.2, -0.15) is 5.10 Å². The van der Waals surface area contributed by atoms with Gasteiger partial charge < -0.3 is 5.73 Å². The van der Waals surface area contributed by atoms with Crippen molar-refractivity contribution >= 4 is 23.2 Å². The van der Waals surface area contributed by atoms with Crippen LogP contribution in [0.4, 0.5) is 4.39 Å². The third-order valence-electron chi connectivity index (χ3n) is 2.87. The van der Waals surface area contributed by atoms with Crippen molar-refractivity contribution in [3.63, 3.8) is 0 Å². The van der Waals surface area contributed by atoms with Crippen LogP contribution in [-0.2, 0) is 0 Å². The van der Waals surface area contributed by atoms with Gasteiger partial charge in [-0.3, -0.25) is 4.68 Å². The Morgan fingerprint density at radius 3 is 2.53 bits per heavy atom. The van der Waals surface area contributed by atoms with Crippen molar-refractivity contribution < 1.29 is 4.39 Å². The average Bonchev–Trinajstić information content (AvgIpc) is 2.74. The molecule has 102 valence electrons. The molecule has 0 amide bonds. The standard InChI is InChI=1S/C13H14Cl2FN3/c1-7(2)19-13(10(15)6-18-19)12(17)8-3-4-9(14)11(16)5-8/h3-7,12H,17H2,1-2H3. The first-order valence-corrected chi connectivity index (χ1v) is 6.60. The minimum atomic E-state index is -0.552. The van der Waals surface area contributed by atoms with Gasteiger partial charge in [0.1, 0.15) is 5.82 Å². The highest BCUT2D eigenvalue weighted by Gasteiger charge is 2.20. The first kappa shape index (κ1) is 14.3. The summed E-state index contributed by atoms with van der Waals surface area (Å²) in [6.45, 7) is 3.95. The van der Waals surface area contributed by atoms with E-state index < -0.39 is 11.9 Å². The molecular weight excluding hydrogens is 288 g/mol. The summed E-state index contributed by atoms with van der Waals surface area (Å²) >= 11 is 11.8. The van der Waals surface area contributed by atoms with Crippen LogP contribution in [0.25, 0.3) is 0 Å². The van der Waals surface area contributed by atoms with E-state index in [1.54, 1.807) is 16.9 Å². The lowest BCUT2D eigenvalue weighted by molar-refractivity contribution is 0.499. The third-order valence-corrected chi connectivity index (χ3v) is 3.47. The Morgan fingerprint density at radius 1 is 1.26 bits per heavy atom. The zero-order chi connectivity index (χ0) is 14.2. The Hall–Kier alpha value is -1.10. The molecule has 0 aliphatic carbocycles. The summed E-state index contributed by atoms with van der Waals surface area (Å²) in [6, 6.07) is 4.05. The van der Waals surface area contributed by atoms with E-state index in [0.29, 0.717) is 16.3 Å². The first-order valence-electron chi connectivity index (χ1n) is 5.85. The molecule has 0 aliphatic rings. The second kappa shape index (κ2) is 5.49. The van der Waals surface area contributed by atoms with E-state index in [9.17, 15) is 4.39 Å². The molecule has 1 aromatic heterocycles. The lowest BCUT2D eigenvalue weighted by atomic mass is 10.0. The molecule has 19 heavy (non-hydrogen) atoms. The van der Waals surface area contributed by atoms with E-state index in [0.717, 1.165) is 0 Å². The molecule has 1 atom stereocenters. The summed E-state index contributed by atoms with van der Waals surface area (Å²) in [4.78, 5) is 0. The molecule has 1 heterocycles. The molecule has 0 radical (unpaired) electrons. The molecule has 2 rings (SSSR count). The van der Waals surface area contributed by atoms with Crippen LogP contribution in [0.5, 0.6) is 0 Å². The number of halogens is 3. The van der Waals surface area contributed by atoms with Gasteiger partial charge in [-0.1, -0.05) is 29.3 Å². The molecule has 6 heteroatoms. The second-order valence-electron chi connectivity index (χ2n) is 4.57. The van der Waals surface area contributed by atoms with Crippen LogP contribution >= 0.6 is 23.2 Å². The largest absolute Gasteiger partial charge is 0.319 e. The van der Waals surface area contributed by atoms with Crippen LogP contribution in [0.3, 0.4) is 0 Å². The van der Waals surface area contributed by atoms with E-state index >= 15 is 0 Å². The average molecular weight is 302 g/mol. The van der Waals surface area contributed by atoms with Crippen LogP contribution < -0.4 is 5.73 Å². The van der Waals surface area contributed by atoms with Crippen molar-refractivity contribution in [3.8, 4) is 0 Å². The molecule has 3 nitrogen and oxygen atoms in total. The topological polar surface area (TPSA) is 43.8 Å². The van der Waals surface area contributed by atoms with Gasteiger partial charge in [0, 0.05) is 6.04 Å². The van der Waals surface area contributed by atoms with Crippen molar-refractivity contribution in [2.45, 2.75) is 25.9 Å². The van der Waals surface area contributed by atoms with Gasteiger partial charge in [0.2, 0.25) is 0 Å². The fourth-order valence-corrected chi connectivity index (χ4v) is 2.28. The van der Waals surface area contributed by atoms with Crippen molar-refractivity contribution in [2.75, 3.05) is 0 Å². The molecule has 0 bridgehead atoms. The van der Waals surface area contributed by atoms with E-state index in [2.05, 4.69) is 5.10 Å². The maximum Gasteiger partial charge on any atom is 0.142 e. The lowest BCUT2D eigenvalue weighted by Gasteiger charge is -2.18. The first-order chi connectivity index (χ1) is 8.91. The lowest BCUT2D eigenvalue weighted by Crippen LogP contribution is -2.19. The molecule has 1 unspecified atom stereocenters. The highest BCUT2D eigenvalue weighted by molar-refractivity contribution is 6.31. The SMILES string of the molecule is CC(C)n1ncc(Cl)c1C(N)c1ccc(Cl)c(F)c1. The number of hydrogen-bond donors (Lipinski definition) is 1. The van der Waals surface area contributed by atoms with E-state index in [1.807, 2.05) is 13.8 Å². The maximum absolute atomic E-state index is 13.5. The van der Waals surface area contributed by atoms with Gasteiger partial charge in [-0.25, -0.2) is 4.39 Å². The van der Waals surface area contributed by atoms with Crippen molar-refractivity contribution in [3.05, 3.63) is 51.5 Å². The highest BCUT2D eigenvalue weighted by Crippen LogP contribution is 2.29. The zero-order valence-corrected chi connectivity index (χ0v) is 12.1. The Bertz CT molecular complexity index is 596. The molecule has 0 saturated heterocycles. The number of rotatable bonds is 3. The summed E-state index contributed by atoms with van der Waals surface area (Å²) in [5.74, 6) is -0.499. The normalized spacial score (nSPS) is 13.0. The summed E-state index contributed by atoms with van der Waals surface area (Å²) in [6.07, 6.45) is 1.54. The monoisotopic (exact) mass is 301 g/mol. The van der Waals surface area contributed by atoms with Crippen LogP contribution in [-0.4, -0.2) is 9.78 Å². The van der Waals surface area contributed by atoms with E-state index in [4.69, 9.17) is 28.9 Å².